The molecule has 0 fully saturated rings. The third kappa shape index (κ3) is 3.91. The number of non-ortho nitro benzene ring substituents is 1. The van der Waals surface area contributed by atoms with Gasteiger partial charge in [0.25, 0.3) is 11.4 Å². The van der Waals surface area contributed by atoms with Crippen LogP contribution in [0.2, 0.25) is 0 Å². The molecule has 20 heavy (non-hydrogen) atoms. The molecule has 0 aliphatic carbocycles. The first-order chi connectivity index (χ1) is 9.12. The molecule has 0 saturated heterocycles. The molecule has 7 heteroatoms. The molecule has 1 atom stereocenters. The van der Waals surface area contributed by atoms with Crippen molar-refractivity contribution in [1.82, 2.24) is 0 Å². The minimum Gasteiger partial charge on any atom is -0.379 e. The Bertz CT molecular complexity index is 523. The Hall–Kier alpha value is -2.18. The van der Waals surface area contributed by atoms with Crippen LogP contribution in [0.1, 0.15) is 27.7 Å². The Morgan fingerprint density at radius 1 is 1.20 bits per heavy atom. The largest absolute Gasteiger partial charge is 0.379 e. The summed E-state index contributed by atoms with van der Waals surface area (Å²) < 4.78 is 0. The van der Waals surface area contributed by atoms with E-state index in [-0.39, 0.29) is 22.7 Å². The van der Waals surface area contributed by atoms with Crippen molar-refractivity contribution in [3.05, 3.63) is 38.4 Å². The van der Waals surface area contributed by atoms with Crippen LogP contribution in [-0.2, 0) is 0 Å². The molecule has 0 aliphatic rings. The lowest BCUT2D eigenvalue weighted by Gasteiger charge is -2.27. The van der Waals surface area contributed by atoms with Crippen molar-refractivity contribution in [3.8, 4) is 0 Å². The molecule has 0 radical (unpaired) electrons. The number of nitrogens with zero attached hydrogens (tertiary/aromatic N) is 2. The number of nitro groups is 2. The van der Waals surface area contributed by atoms with E-state index >= 15 is 0 Å². The van der Waals surface area contributed by atoms with Crippen molar-refractivity contribution in [3.63, 3.8) is 0 Å². The van der Waals surface area contributed by atoms with Crippen molar-refractivity contribution < 1.29 is 9.85 Å². The highest BCUT2D eigenvalue weighted by Crippen LogP contribution is 2.31. The molecule has 0 spiro atoms. The first-order valence-corrected chi connectivity index (χ1v) is 6.29. The number of hydrogen-bond donors (Lipinski definition) is 1. The average molecular weight is 281 g/mol. The molecule has 110 valence electrons. The van der Waals surface area contributed by atoms with Gasteiger partial charge in [0, 0.05) is 12.6 Å². The highest BCUT2D eigenvalue weighted by atomic mass is 16.6. The Balaban J connectivity index is 2.95. The van der Waals surface area contributed by atoms with Crippen LogP contribution in [0.3, 0.4) is 0 Å². The lowest BCUT2D eigenvalue weighted by Crippen LogP contribution is -2.25. The van der Waals surface area contributed by atoms with Gasteiger partial charge in [-0.15, -0.1) is 0 Å². The van der Waals surface area contributed by atoms with Gasteiger partial charge in [0.2, 0.25) is 0 Å². The molecular formula is C13H19N3O4. The van der Waals surface area contributed by atoms with Gasteiger partial charge in [0.05, 0.1) is 15.9 Å². The number of benzene rings is 1. The summed E-state index contributed by atoms with van der Waals surface area (Å²) in [5.74, 6) is 0.289. The molecule has 1 N–H and O–H groups in total. The summed E-state index contributed by atoms with van der Waals surface area (Å²) in [6, 6.07) is 3.62. The summed E-state index contributed by atoms with van der Waals surface area (Å²) >= 11 is 0. The van der Waals surface area contributed by atoms with Crippen LogP contribution in [0.4, 0.5) is 17.1 Å². The lowest BCUT2D eigenvalue weighted by molar-refractivity contribution is -0.393. The van der Waals surface area contributed by atoms with Crippen LogP contribution >= 0.6 is 0 Å². The van der Waals surface area contributed by atoms with Crippen LogP contribution in [0, 0.1) is 31.6 Å². The van der Waals surface area contributed by atoms with Crippen LogP contribution < -0.4 is 5.32 Å². The SMILES string of the molecule is CC(CNc1ccc([N+](=O)[O-])cc1[N+](=O)[O-])C(C)(C)C. The summed E-state index contributed by atoms with van der Waals surface area (Å²) in [6.07, 6.45) is 0. The van der Waals surface area contributed by atoms with E-state index in [4.69, 9.17) is 0 Å². The number of hydrogen-bond acceptors (Lipinski definition) is 5. The standard InChI is InChI=1S/C13H19N3O4/c1-9(13(2,3)4)8-14-11-6-5-10(15(17)18)7-12(11)16(19)20/h5-7,9,14H,8H2,1-4H3. The molecule has 0 bridgehead atoms. The maximum Gasteiger partial charge on any atom is 0.299 e. The van der Waals surface area contributed by atoms with Crippen molar-refractivity contribution in [2.45, 2.75) is 27.7 Å². The van der Waals surface area contributed by atoms with Crippen LogP contribution in [0.5, 0.6) is 0 Å². The van der Waals surface area contributed by atoms with Crippen LogP contribution in [0.15, 0.2) is 18.2 Å². The first kappa shape index (κ1) is 15.9. The average Bonchev–Trinajstić information content (AvgIpc) is 2.34. The Labute approximate surface area is 117 Å². The predicted octanol–water partition coefficient (Wildman–Crippen LogP) is 3.60. The highest BCUT2D eigenvalue weighted by Gasteiger charge is 2.23. The molecule has 0 amide bonds. The van der Waals surface area contributed by atoms with Gasteiger partial charge < -0.3 is 5.32 Å². The van der Waals surface area contributed by atoms with Crippen LogP contribution in [-0.4, -0.2) is 16.4 Å². The van der Waals surface area contributed by atoms with Crippen molar-refractivity contribution in [2.24, 2.45) is 11.3 Å². The van der Waals surface area contributed by atoms with E-state index in [1.165, 1.54) is 12.1 Å². The van der Waals surface area contributed by atoms with Gasteiger partial charge in [-0.25, -0.2) is 0 Å². The van der Waals surface area contributed by atoms with E-state index in [9.17, 15) is 20.2 Å². The third-order valence-electron chi connectivity index (χ3n) is 3.47. The minimum absolute atomic E-state index is 0.0720. The molecule has 1 unspecified atom stereocenters. The number of nitro benzene ring substituents is 2. The maximum absolute atomic E-state index is 11.0. The highest BCUT2D eigenvalue weighted by molar-refractivity contribution is 5.65. The quantitative estimate of drug-likeness (QED) is 0.656. The minimum atomic E-state index is -0.644. The number of nitrogens with one attached hydrogen (secondary N) is 1. The van der Waals surface area contributed by atoms with E-state index in [2.05, 4.69) is 26.1 Å². The zero-order valence-electron chi connectivity index (χ0n) is 12.0. The van der Waals surface area contributed by atoms with E-state index in [1.807, 2.05) is 6.92 Å². The fraction of sp³-hybridized carbons (Fsp3) is 0.538. The summed E-state index contributed by atoms with van der Waals surface area (Å²) in [5, 5.41) is 24.6. The second kappa shape index (κ2) is 5.85. The monoisotopic (exact) mass is 281 g/mol. The molecular weight excluding hydrogens is 262 g/mol. The van der Waals surface area contributed by atoms with Gasteiger partial charge in [-0.2, -0.15) is 0 Å². The fourth-order valence-electron chi connectivity index (χ4n) is 1.50. The summed E-state index contributed by atoms with van der Waals surface area (Å²) in [5.41, 5.74) is -0.189. The first-order valence-electron chi connectivity index (χ1n) is 6.29. The zero-order valence-corrected chi connectivity index (χ0v) is 12.0. The maximum atomic E-state index is 11.0. The van der Waals surface area contributed by atoms with Gasteiger partial charge >= 0.3 is 0 Å². The number of rotatable bonds is 5. The smallest absolute Gasteiger partial charge is 0.299 e. The zero-order chi connectivity index (χ0) is 15.5. The van der Waals surface area contributed by atoms with E-state index < -0.39 is 9.85 Å². The fourth-order valence-corrected chi connectivity index (χ4v) is 1.50. The van der Waals surface area contributed by atoms with Crippen molar-refractivity contribution in [1.29, 1.82) is 0 Å². The molecule has 1 rings (SSSR count). The Kier molecular flexibility index (Phi) is 4.65. The summed E-state index contributed by atoms with van der Waals surface area (Å²) in [6.45, 7) is 8.86. The van der Waals surface area contributed by atoms with Gasteiger partial charge in [0.15, 0.2) is 0 Å². The van der Waals surface area contributed by atoms with Crippen molar-refractivity contribution >= 4 is 17.1 Å². The van der Waals surface area contributed by atoms with Gasteiger partial charge in [-0.1, -0.05) is 27.7 Å². The van der Waals surface area contributed by atoms with Crippen LogP contribution in [0.25, 0.3) is 0 Å². The van der Waals surface area contributed by atoms with Gasteiger partial charge in [0.1, 0.15) is 5.69 Å². The Morgan fingerprint density at radius 2 is 1.80 bits per heavy atom. The molecule has 0 saturated carbocycles. The van der Waals surface area contributed by atoms with Gasteiger partial charge in [-0.3, -0.25) is 20.2 Å². The summed E-state index contributed by atoms with van der Waals surface area (Å²) in [7, 11) is 0. The van der Waals surface area contributed by atoms with E-state index in [1.54, 1.807) is 0 Å². The topological polar surface area (TPSA) is 98.3 Å². The second-order valence-corrected chi connectivity index (χ2v) is 5.86. The lowest BCUT2D eigenvalue weighted by atomic mass is 9.82. The third-order valence-corrected chi connectivity index (χ3v) is 3.47. The normalized spacial score (nSPS) is 12.8. The molecule has 0 heterocycles. The second-order valence-electron chi connectivity index (χ2n) is 5.86. The molecule has 1 aromatic carbocycles. The van der Waals surface area contributed by atoms with Crippen molar-refractivity contribution in [2.75, 3.05) is 11.9 Å². The molecule has 0 aliphatic heterocycles. The summed E-state index contributed by atoms with van der Waals surface area (Å²) in [4.78, 5) is 20.4. The Morgan fingerprint density at radius 3 is 2.25 bits per heavy atom. The molecule has 1 aromatic rings. The van der Waals surface area contributed by atoms with E-state index in [0.717, 1.165) is 6.07 Å². The molecule has 0 aromatic heterocycles. The van der Waals surface area contributed by atoms with Gasteiger partial charge in [-0.05, 0) is 17.4 Å². The molecule has 7 nitrogen and oxygen atoms in total. The van der Waals surface area contributed by atoms with E-state index in [0.29, 0.717) is 12.2 Å². The predicted molar refractivity (Wildman–Crippen MR) is 76.9 cm³/mol. The number of anilines is 1.